The van der Waals surface area contributed by atoms with Gasteiger partial charge in [-0.3, -0.25) is 0 Å². The minimum atomic E-state index is -0.0674. The van der Waals surface area contributed by atoms with Gasteiger partial charge in [0.1, 0.15) is 0 Å². The lowest BCUT2D eigenvalue weighted by Gasteiger charge is -2.31. The monoisotopic (exact) mass is 283 g/mol. The third-order valence-electron chi connectivity index (χ3n) is 3.83. The van der Waals surface area contributed by atoms with Gasteiger partial charge in [0.05, 0.1) is 0 Å². The standard InChI is InChI=1S/C15H22ClNS/c1-15(18,13-5-7-14(16)8-6-13)9-12-17-10-3-2-4-11-17/h5-8,18H,2-4,9-12H2,1H3. The Hall–Kier alpha value is -0.180. The Morgan fingerprint density at radius 3 is 2.39 bits per heavy atom. The van der Waals surface area contributed by atoms with Crippen molar-refractivity contribution >= 4 is 24.2 Å². The van der Waals surface area contributed by atoms with Crippen LogP contribution in [0.2, 0.25) is 5.02 Å². The molecule has 1 atom stereocenters. The Morgan fingerprint density at radius 1 is 1.17 bits per heavy atom. The molecule has 0 bridgehead atoms. The van der Waals surface area contributed by atoms with Gasteiger partial charge in [0.15, 0.2) is 0 Å². The van der Waals surface area contributed by atoms with E-state index in [9.17, 15) is 0 Å². The molecule has 1 heterocycles. The summed E-state index contributed by atoms with van der Waals surface area (Å²) in [6.45, 7) is 5.85. The topological polar surface area (TPSA) is 3.24 Å². The van der Waals surface area contributed by atoms with Crippen LogP contribution in [0.4, 0.5) is 0 Å². The molecule has 1 nitrogen and oxygen atoms in total. The summed E-state index contributed by atoms with van der Waals surface area (Å²) in [4.78, 5) is 2.56. The summed E-state index contributed by atoms with van der Waals surface area (Å²) in [5, 5.41) is 0.791. The molecule has 0 spiro atoms. The van der Waals surface area contributed by atoms with E-state index in [-0.39, 0.29) is 4.75 Å². The van der Waals surface area contributed by atoms with Crippen molar-refractivity contribution in [1.82, 2.24) is 4.90 Å². The van der Waals surface area contributed by atoms with E-state index in [0.717, 1.165) is 18.0 Å². The average molecular weight is 284 g/mol. The molecule has 0 aliphatic carbocycles. The molecule has 1 aromatic carbocycles. The quantitative estimate of drug-likeness (QED) is 0.804. The first-order chi connectivity index (χ1) is 8.58. The van der Waals surface area contributed by atoms with Gasteiger partial charge in [-0.05, 0) is 63.5 Å². The molecule has 0 N–H and O–H groups in total. The van der Waals surface area contributed by atoms with E-state index in [1.807, 2.05) is 12.1 Å². The van der Waals surface area contributed by atoms with Crippen molar-refractivity contribution in [3.05, 3.63) is 34.9 Å². The summed E-state index contributed by atoms with van der Waals surface area (Å²) in [7, 11) is 0. The lowest BCUT2D eigenvalue weighted by Crippen LogP contribution is -2.33. The van der Waals surface area contributed by atoms with Gasteiger partial charge >= 0.3 is 0 Å². The highest BCUT2D eigenvalue weighted by Crippen LogP contribution is 2.32. The summed E-state index contributed by atoms with van der Waals surface area (Å²) >= 11 is 10.8. The molecule has 100 valence electrons. The molecule has 0 radical (unpaired) electrons. The van der Waals surface area contributed by atoms with Gasteiger partial charge in [-0.2, -0.15) is 12.6 Å². The Bertz CT molecular complexity index is 369. The van der Waals surface area contributed by atoms with Gasteiger partial charge in [-0.1, -0.05) is 30.2 Å². The number of rotatable bonds is 4. The zero-order valence-electron chi connectivity index (χ0n) is 11.0. The van der Waals surface area contributed by atoms with Crippen LogP contribution < -0.4 is 0 Å². The number of hydrogen-bond donors (Lipinski definition) is 1. The second kappa shape index (κ2) is 6.31. The molecule has 1 unspecified atom stereocenters. The molecule has 1 saturated heterocycles. The highest BCUT2D eigenvalue weighted by Gasteiger charge is 2.23. The van der Waals surface area contributed by atoms with Crippen LogP contribution >= 0.6 is 24.2 Å². The van der Waals surface area contributed by atoms with Gasteiger partial charge in [0, 0.05) is 9.77 Å². The number of thiol groups is 1. The second-order valence-corrected chi connectivity index (χ2v) is 6.86. The average Bonchev–Trinajstić information content (AvgIpc) is 2.38. The predicted molar refractivity (Wildman–Crippen MR) is 82.7 cm³/mol. The van der Waals surface area contributed by atoms with Crippen molar-refractivity contribution in [3.63, 3.8) is 0 Å². The SMILES string of the molecule is CC(S)(CCN1CCCCC1)c1ccc(Cl)cc1. The normalized spacial score (nSPS) is 20.6. The molecule has 2 rings (SSSR count). The lowest BCUT2D eigenvalue weighted by atomic mass is 9.96. The van der Waals surface area contributed by atoms with Crippen LogP contribution in [0.5, 0.6) is 0 Å². The predicted octanol–water partition coefficient (Wildman–Crippen LogP) is 4.36. The van der Waals surface area contributed by atoms with Crippen molar-refractivity contribution in [2.24, 2.45) is 0 Å². The number of likely N-dealkylation sites (tertiary alicyclic amines) is 1. The Balaban J connectivity index is 1.91. The fraction of sp³-hybridized carbons (Fsp3) is 0.600. The fourth-order valence-corrected chi connectivity index (χ4v) is 2.89. The van der Waals surface area contributed by atoms with Crippen LogP contribution in [0.15, 0.2) is 24.3 Å². The Labute approximate surface area is 121 Å². The van der Waals surface area contributed by atoms with Crippen LogP contribution in [0.25, 0.3) is 0 Å². The molecule has 3 heteroatoms. The van der Waals surface area contributed by atoms with E-state index in [4.69, 9.17) is 24.2 Å². The Morgan fingerprint density at radius 2 is 1.78 bits per heavy atom. The van der Waals surface area contributed by atoms with E-state index in [2.05, 4.69) is 24.0 Å². The molecule has 0 saturated carbocycles. The van der Waals surface area contributed by atoms with Crippen molar-refractivity contribution in [2.45, 2.75) is 37.4 Å². The summed E-state index contributed by atoms with van der Waals surface area (Å²) in [6.07, 6.45) is 5.18. The summed E-state index contributed by atoms with van der Waals surface area (Å²) in [5.74, 6) is 0. The zero-order valence-corrected chi connectivity index (χ0v) is 12.7. The largest absolute Gasteiger partial charge is 0.303 e. The molecule has 1 aliphatic heterocycles. The fourth-order valence-electron chi connectivity index (χ4n) is 2.51. The molecular formula is C15H22ClNS. The molecule has 0 amide bonds. The number of hydrogen-bond acceptors (Lipinski definition) is 2. The van der Waals surface area contributed by atoms with Gasteiger partial charge in [-0.25, -0.2) is 0 Å². The molecular weight excluding hydrogens is 262 g/mol. The minimum Gasteiger partial charge on any atom is -0.303 e. The summed E-state index contributed by atoms with van der Waals surface area (Å²) < 4.78 is -0.0674. The van der Waals surface area contributed by atoms with Crippen molar-refractivity contribution in [3.8, 4) is 0 Å². The maximum atomic E-state index is 5.93. The third kappa shape index (κ3) is 3.91. The van der Waals surface area contributed by atoms with E-state index < -0.39 is 0 Å². The number of halogens is 1. The van der Waals surface area contributed by atoms with E-state index in [0.29, 0.717) is 0 Å². The minimum absolute atomic E-state index is 0.0674. The number of nitrogens with zero attached hydrogens (tertiary/aromatic N) is 1. The molecule has 1 fully saturated rings. The Kier molecular flexibility index (Phi) is 4.99. The van der Waals surface area contributed by atoms with Crippen LogP contribution in [-0.2, 0) is 4.75 Å². The van der Waals surface area contributed by atoms with Crippen molar-refractivity contribution in [2.75, 3.05) is 19.6 Å². The van der Waals surface area contributed by atoms with Gasteiger partial charge in [0.2, 0.25) is 0 Å². The van der Waals surface area contributed by atoms with E-state index in [1.54, 1.807) is 0 Å². The van der Waals surface area contributed by atoms with E-state index >= 15 is 0 Å². The van der Waals surface area contributed by atoms with Gasteiger partial charge in [-0.15, -0.1) is 0 Å². The van der Waals surface area contributed by atoms with E-state index in [1.165, 1.54) is 37.9 Å². The molecule has 18 heavy (non-hydrogen) atoms. The number of piperidine rings is 1. The van der Waals surface area contributed by atoms with Crippen LogP contribution in [0, 0.1) is 0 Å². The maximum Gasteiger partial charge on any atom is 0.0406 e. The molecule has 1 aromatic rings. The first-order valence-corrected chi connectivity index (χ1v) is 7.61. The lowest BCUT2D eigenvalue weighted by molar-refractivity contribution is 0.219. The van der Waals surface area contributed by atoms with Gasteiger partial charge in [0.25, 0.3) is 0 Å². The van der Waals surface area contributed by atoms with Crippen LogP contribution in [-0.4, -0.2) is 24.5 Å². The van der Waals surface area contributed by atoms with Gasteiger partial charge < -0.3 is 4.90 Å². The molecule has 1 aliphatic rings. The number of benzene rings is 1. The zero-order chi connectivity index (χ0) is 13.0. The van der Waals surface area contributed by atoms with Crippen LogP contribution in [0.1, 0.15) is 38.2 Å². The van der Waals surface area contributed by atoms with Crippen LogP contribution in [0.3, 0.4) is 0 Å². The first-order valence-electron chi connectivity index (χ1n) is 6.79. The summed E-state index contributed by atoms with van der Waals surface area (Å²) in [5.41, 5.74) is 1.26. The first kappa shape index (κ1) is 14.2. The highest BCUT2D eigenvalue weighted by molar-refractivity contribution is 7.81. The smallest absolute Gasteiger partial charge is 0.0406 e. The van der Waals surface area contributed by atoms with Crippen molar-refractivity contribution < 1.29 is 0 Å². The van der Waals surface area contributed by atoms with Crippen molar-refractivity contribution in [1.29, 1.82) is 0 Å². The highest BCUT2D eigenvalue weighted by atomic mass is 35.5. The summed E-state index contributed by atoms with van der Waals surface area (Å²) in [6, 6.07) is 8.08. The second-order valence-electron chi connectivity index (χ2n) is 5.43. The third-order valence-corrected chi connectivity index (χ3v) is 4.56. The maximum absolute atomic E-state index is 5.93. The molecule has 0 aromatic heterocycles.